The van der Waals surface area contributed by atoms with E-state index in [1.165, 1.54) is 4.80 Å². The van der Waals surface area contributed by atoms with Gasteiger partial charge in [0.15, 0.2) is 11.7 Å². The molecule has 0 amide bonds. The highest BCUT2D eigenvalue weighted by molar-refractivity contribution is 5.74. The molecule has 0 spiro atoms. The van der Waals surface area contributed by atoms with Crippen molar-refractivity contribution >= 4 is 11.2 Å². The number of nitrogens with zero attached hydrogens (tertiary/aromatic N) is 5. The highest BCUT2D eigenvalue weighted by Gasteiger charge is 2.44. The summed E-state index contributed by atoms with van der Waals surface area (Å²) in [6.07, 6.45) is -4.25. The van der Waals surface area contributed by atoms with Crippen LogP contribution >= 0.6 is 0 Å². The molecule has 0 radical (unpaired) electrons. The van der Waals surface area contributed by atoms with Crippen LogP contribution in [0.2, 0.25) is 0 Å². The minimum absolute atomic E-state index is 0.396. The fraction of sp³-hybridized carbons (Fsp3) is 0.400. The average Bonchev–Trinajstić information content (AvgIpc) is 3.24. The maximum Gasteiger partial charge on any atom is 0.205 e. The number of aliphatic hydroxyl groups is 3. The summed E-state index contributed by atoms with van der Waals surface area (Å²) in [5.41, 5.74) is 2.63. The Hall–Kier alpha value is -2.33. The predicted molar refractivity (Wildman–Crippen MR) is 82.4 cm³/mol. The SMILES string of the molecule is Cc1nn(-c2ccccc2)c2nn([C@@H]3O[C@H](CO)[C@@H](O)[C@H]3O)nc12. The molecule has 4 atom stereocenters. The van der Waals surface area contributed by atoms with Crippen LogP contribution in [-0.2, 0) is 4.74 Å². The molecule has 1 aliphatic rings. The molecule has 1 fully saturated rings. The van der Waals surface area contributed by atoms with Crippen molar-refractivity contribution < 1.29 is 20.1 Å². The van der Waals surface area contributed by atoms with Crippen LogP contribution in [0.5, 0.6) is 0 Å². The normalized spacial score (nSPS) is 27.2. The van der Waals surface area contributed by atoms with Crippen LogP contribution in [0.25, 0.3) is 16.9 Å². The zero-order chi connectivity index (χ0) is 16.8. The molecule has 0 saturated carbocycles. The summed E-state index contributed by atoms with van der Waals surface area (Å²) in [5.74, 6) is 0. The molecule has 1 saturated heterocycles. The van der Waals surface area contributed by atoms with E-state index in [0.29, 0.717) is 16.9 Å². The molecule has 1 aromatic carbocycles. The van der Waals surface area contributed by atoms with Crippen LogP contribution in [-0.4, -0.2) is 65.0 Å². The van der Waals surface area contributed by atoms with Gasteiger partial charge in [-0.05, 0) is 19.1 Å². The molecule has 0 bridgehead atoms. The smallest absolute Gasteiger partial charge is 0.205 e. The molecular weight excluding hydrogens is 314 g/mol. The lowest BCUT2D eigenvalue weighted by molar-refractivity contribution is -0.0651. The fourth-order valence-electron chi connectivity index (χ4n) is 2.87. The summed E-state index contributed by atoms with van der Waals surface area (Å²) >= 11 is 0. The number of aryl methyl sites for hydroxylation is 1. The zero-order valence-corrected chi connectivity index (χ0v) is 12.9. The molecule has 3 heterocycles. The molecule has 0 aliphatic carbocycles. The van der Waals surface area contributed by atoms with Crippen LogP contribution in [0.3, 0.4) is 0 Å². The summed E-state index contributed by atoms with van der Waals surface area (Å²) in [6, 6.07) is 9.51. The number of para-hydroxylation sites is 1. The van der Waals surface area contributed by atoms with Gasteiger partial charge in [-0.2, -0.15) is 5.10 Å². The Morgan fingerprint density at radius 1 is 1.08 bits per heavy atom. The van der Waals surface area contributed by atoms with Crippen molar-refractivity contribution in [1.29, 1.82) is 0 Å². The first kappa shape index (κ1) is 15.2. The standard InChI is InChI=1S/C15H17N5O4/c1-8-11-14(19(16-8)9-5-3-2-4-6-9)18-20(17-11)15-13(23)12(22)10(7-21)24-15/h2-6,10,12-13,15,21-23H,7H2,1H3/t10-,12-,13-,15-/m1/s1. The molecule has 3 N–H and O–H groups in total. The van der Waals surface area contributed by atoms with Crippen LogP contribution in [0.4, 0.5) is 0 Å². The lowest BCUT2D eigenvalue weighted by Gasteiger charge is -2.13. The number of aromatic nitrogens is 5. The number of hydrogen-bond donors (Lipinski definition) is 3. The topological polar surface area (TPSA) is 118 Å². The van der Waals surface area contributed by atoms with Crippen molar-refractivity contribution in [1.82, 2.24) is 24.8 Å². The van der Waals surface area contributed by atoms with Crippen molar-refractivity contribution in [3.05, 3.63) is 36.0 Å². The molecular formula is C15H17N5O4. The first-order valence-corrected chi connectivity index (χ1v) is 7.60. The monoisotopic (exact) mass is 331 g/mol. The Morgan fingerprint density at radius 2 is 1.83 bits per heavy atom. The summed E-state index contributed by atoms with van der Waals surface area (Å²) < 4.78 is 7.13. The van der Waals surface area contributed by atoms with E-state index in [1.807, 2.05) is 37.3 Å². The lowest BCUT2D eigenvalue weighted by atomic mass is 10.1. The molecule has 1 aliphatic heterocycles. The van der Waals surface area contributed by atoms with Gasteiger partial charge in [-0.3, -0.25) is 0 Å². The van der Waals surface area contributed by atoms with Gasteiger partial charge in [0.1, 0.15) is 18.3 Å². The summed E-state index contributed by atoms with van der Waals surface area (Å²) in [7, 11) is 0. The molecule has 9 nitrogen and oxygen atoms in total. The fourth-order valence-corrected chi connectivity index (χ4v) is 2.87. The number of rotatable bonds is 3. The van der Waals surface area contributed by atoms with Gasteiger partial charge in [0, 0.05) is 0 Å². The summed E-state index contributed by atoms with van der Waals surface area (Å²) in [5, 5.41) is 42.3. The summed E-state index contributed by atoms with van der Waals surface area (Å²) in [6.45, 7) is 1.42. The first-order valence-electron chi connectivity index (χ1n) is 7.60. The van der Waals surface area contributed by atoms with Crippen LogP contribution in [0, 0.1) is 6.92 Å². The number of fused-ring (bicyclic) bond motifs is 1. The van der Waals surface area contributed by atoms with Crippen molar-refractivity contribution in [3.8, 4) is 5.69 Å². The van der Waals surface area contributed by atoms with Crippen molar-refractivity contribution in [2.75, 3.05) is 6.61 Å². The molecule has 24 heavy (non-hydrogen) atoms. The van der Waals surface area contributed by atoms with E-state index in [-0.39, 0.29) is 0 Å². The van der Waals surface area contributed by atoms with Gasteiger partial charge in [0.25, 0.3) is 0 Å². The average molecular weight is 331 g/mol. The second kappa shape index (κ2) is 5.64. The van der Waals surface area contributed by atoms with Crippen molar-refractivity contribution in [2.24, 2.45) is 0 Å². The third-order valence-electron chi connectivity index (χ3n) is 4.15. The Balaban J connectivity index is 1.77. The second-order valence-corrected chi connectivity index (χ2v) is 5.75. The Labute approximate surface area is 136 Å². The maximum atomic E-state index is 10.1. The Kier molecular flexibility index (Phi) is 3.57. The lowest BCUT2D eigenvalue weighted by Crippen LogP contribution is -2.33. The van der Waals surface area contributed by atoms with E-state index < -0.39 is 31.1 Å². The van der Waals surface area contributed by atoms with Gasteiger partial charge < -0.3 is 20.1 Å². The molecule has 4 rings (SSSR count). The van der Waals surface area contributed by atoms with E-state index in [2.05, 4.69) is 15.3 Å². The Bertz CT molecular complexity index is 862. The molecule has 0 unspecified atom stereocenters. The van der Waals surface area contributed by atoms with Gasteiger partial charge in [0.2, 0.25) is 5.65 Å². The van der Waals surface area contributed by atoms with Gasteiger partial charge >= 0.3 is 0 Å². The minimum atomic E-state index is -1.22. The van der Waals surface area contributed by atoms with E-state index in [0.717, 1.165) is 5.69 Å². The second-order valence-electron chi connectivity index (χ2n) is 5.75. The minimum Gasteiger partial charge on any atom is -0.394 e. The summed E-state index contributed by atoms with van der Waals surface area (Å²) in [4.78, 5) is 1.22. The van der Waals surface area contributed by atoms with E-state index in [9.17, 15) is 15.3 Å². The first-order chi connectivity index (χ1) is 11.6. The van der Waals surface area contributed by atoms with Gasteiger partial charge in [-0.15, -0.1) is 15.0 Å². The highest BCUT2D eigenvalue weighted by atomic mass is 16.6. The third-order valence-corrected chi connectivity index (χ3v) is 4.15. The quantitative estimate of drug-likeness (QED) is 0.594. The molecule has 9 heteroatoms. The van der Waals surface area contributed by atoms with Crippen LogP contribution in [0.1, 0.15) is 11.9 Å². The van der Waals surface area contributed by atoms with Crippen LogP contribution < -0.4 is 0 Å². The number of benzene rings is 1. The van der Waals surface area contributed by atoms with E-state index >= 15 is 0 Å². The number of ether oxygens (including phenoxy) is 1. The number of hydrogen-bond acceptors (Lipinski definition) is 7. The molecule has 3 aromatic rings. The zero-order valence-electron chi connectivity index (χ0n) is 12.9. The highest BCUT2D eigenvalue weighted by Crippen LogP contribution is 2.29. The van der Waals surface area contributed by atoms with Gasteiger partial charge in [0.05, 0.1) is 18.0 Å². The van der Waals surface area contributed by atoms with E-state index in [1.54, 1.807) is 4.68 Å². The van der Waals surface area contributed by atoms with Crippen LogP contribution in [0.15, 0.2) is 30.3 Å². The predicted octanol–water partition coefficient (Wildman–Crippen LogP) is -0.463. The maximum absolute atomic E-state index is 10.1. The largest absolute Gasteiger partial charge is 0.394 e. The van der Waals surface area contributed by atoms with Crippen molar-refractivity contribution in [2.45, 2.75) is 31.5 Å². The van der Waals surface area contributed by atoms with E-state index in [4.69, 9.17) is 4.74 Å². The number of aliphatic hydroxyl groups excluding tert-OH is 3. The Morgan fingerprint density at radius 3 is 2.50 bits per heavy atom. The van der Waals surface area contributed by atoms with Gasteiger partial charge in [-0.25, -0.2) is 4.68 Å². The van der Waals surface area contributed by atoms with Gasteiger partial charge in [-0.1, -0.05) is 18.2 Å². The third kappa shape index (κ3) is 2.21. The molecule has 2 aromatic heterocycles. The van der Waals surface area contributed by atoms with Crippen molar-refractivity contribution in [3.63, 3.8) is 0 Å². The molecule has 126 valence electrons.